The lowest BCUT2D eigenvalue weighted by Crippen LogP contribution is -2.50. The van der Waals surface area contributed by atoms with E-state index in [0.29, 0.717) is 56.1 Å². The molecule has 3 heterocycles. The lowest BCUT2D eigenvalue weighted by molar-refractivity contribution is 0.0705. The van der Waals surface area contributed by atoms with E-state index in [2.05, 4.69) is 4.99 Å². The van der Waals surface area contributed by atoms with Crippen LogP contribution in [0.15, 0.2) is 47.5 Å². The number of aliphatic imine (C=N–C) groups is 1. The molecule has 0 bridgehead atoms. The first kappa shape index (κ1) is 26.2. The minimum Gasteiger partial charge on any atom is -0.496 e. The standard InChI is InChI=1S/C28H32N6O5/c1-37-25-16-22(39-21-10-14-33(15-11-21)27(30)31-18-29)6-7-23(25)26(35)32-12-8-20(9-13-32)34-24-5-3-2-4-19(24)17-38-28(34)36/h2-7,16,20-21H,8-15,17H2,1H3,(H2,30,31). The van der Waals surface area contributed by atoms with Crippen LogP contribution in [0.1, 0.15) is 41.6 Å². The molecule has 0 spiro atoms. The fourth-order valence-electron chi connectivity index (χ4n) is 5.46. The number of nitrogens with zero attached hydrogens (tertiary/aromatic N) is 5. The molecule has 2 amide bonds. The Bertz CT molecular complexity index is 1290. The highest BCUT2D eigenvalue weighted by atomic mass is 16.6. The van der Waals surface area contributed by atoms with Crippen LogP contribution in [0, 0.1) is 11.5 Å². The summed E-state index contributed by atoms with van der Waals surface area (Å²) in [6.07, 6.45) is 4.13. The second-order valence-corrected chi connectivity index (χ2v) is 9.81. The van der Waals surface area contributed by atoms with Gasteiger partial charge in [-0.05, 0) is 31.0 Å². The van der Waals surface area contributed by atoms with Gasteiger partial charge in [0.05, 0.1) is 18.4 Å². The van der Waals surface area contributed by atoms with Crippen molar-refractivity contribution in [2.24, 2.45) is 10.7 Å². The zero-order valence-electron chi connectivity index (χ0n) is 21.9. The van der Waals surface area contributed by atoms with Gasteiger partial charge in [-0.3, -0.25) is 9.69 Å². The predicted molar refractivity (Wildman–Crippen MR) is 143 cm³/mol. The molecule has 11 heteroatoms. The topological polar surface area (TPSA) is 134 Å². The van der Waals surface area contributed by atoms with Crippen molar-refractivity contribution in [3.05, 3.63) is 53.6 Å². The largest absolute Gasteiger partial charge is 0.496 e. The number of ether oxygens (including phenoxy) is 3. The van der Waals surface area contributed by atoms with E-state index in [-0.39, 0.29) is 36.7 Å². The summed E-state index contributed by atoms with van der Waals surface area (Å²) in [6, 6.07) is 13.0. The fraction of sp³-hybridized carbons (Fsp3) is 0.429. The van der Waals surface area contributed by atoms with Gasteiger partial charge in [0.15, 0.2) is 0 Å². The molecule has 2 aromatic rings. The lowest BCUT2D eigenvalue weighted by Gasteiger charge is -2.40. The highest BCUT2D eigenvalue weighted by Crippen LogP contribution is 2.33. The molecular formula is C28H32N6O5. The Morgan fingerprint density at radius 2 is 1.79 bits per heavy atom. The van der Waals surface area contributed by atoms with Gasteiger partial charge in [-0.25, -0.2) is 4.79 Å². The van der Waals surface area contributed by atoms with Crippen LogP contribution in [-0.2, 0) is 11.3 Å². The summed E-state index contributed by atoms with van der Waals surface area (Å²) in [5.74, 6) is 1.20. The van der Waals surface area contributed by atoms with Crippen LogP contribution in [0.25, 0.3) is 0 Å². The first-order valence-electron chi connectivity index (χ1n) is 13.1. The average Bonchev–Trinajstić information content (AvgIpc) is 2.97. The summed E-state index contributed by atoms with van der Waals surface area (Å²) < 4.78 is 17.1. The third kappa shape index (κ3) is 5.55. The summed E-state index contributed by atoms with van der Waals surface area (Å²) >= 11 is 0. The lowest BCUT2D eigenvalue weighted by atomic mass is 10.00. The van der Waals surface area contributed by atoms with Gasteiger partial charge in [-0.2, -0.15) is 5.26 Å². The summed E-state index contributed by atoms with van der Waals surface area (Å²) in [4.78, 5) is 35.0. The molecule has 0 saturated carbocycles. The number of fused-ring (bicyclic) bond motifs is 1. The molecule has 2 saturated heterocycles. The molecular weight excluding hydrogens is 500 g/mol. The average molecular weight is 533 g/mol. The number of benzene rings is 2. The molecule has 0 atom stereocenters. The summed E-state index contributed by atoms with van der Waals surface area (Å²) in [5, 5.41) is 8.69. The molecule has 2 N–H and O–H groups in total. The summed E-state index contributed by atoms with van der Waals surface area (Å²) in [5.41, 5.74) is 8.16. The van der Waals surface area contributed by atoms with Gasteiger partial charge < -0.3 is 29.7 Å². The highest BCUT2D eigenvalue weighted by Gasteiger charge is 2.35. The third-order valence-corrected chi connectivity index (χ3v) is 7.55. The van der Waals surface area contributed by atoms with Crippen molar-refractivity contribution < 1.29 is 23.8 Å². The number of amides is 2. The maximum atomic E-state index is 13.4. The third-order valence-electron chi connectivity index (χ3n) is 7.55. The molecule has 0 radical (unpaired) electrons. The molecule has 0 unspecified atom stereocenters. The Kier molecular flexibility index (Phi) is 7.72. The maximum absolute atomic E-state index is 13.4. The number of carbonyl (C=O) groups excluding carboxylic acids is 2. The van der Waals surface area contributed by atoms with Gasteiger partial charge in [0.1, 0.15) is 24.2 Å². The first-order chi connectivity index (χ1) is 19.0. The maximum Gasteiger partial charge on any atom is 0.414 e. The minimum absolute atomic E-state index is 0.0203. The number of nitrogens with two attached hydrogens (primary N) is 1. The number of nitriles is 1. The molecule has 2 fully saturated rings. The minimum atomic E-state index is -0.333. The number of methoxy groups -OCH3 is 1. The second kappa shape index (κ2) is 11.5. The second-order valence-electron chi connectivity index (χ2n) is 9.81. The van der Waals surface area contributed by atoms with E-state index in [9.17, 15) is 9.59 Å². The number of para-hydroxylation sites is 1. The van der Waals surface area contributed by atoms with Crippen LogP contribution in [0.2, 0.25) is 0 Å². The van der Waals surface area contributed by atoms with E-state index < -0.39 is 0 Å². The summed E-state index contributed by atoms with van der Waals surface area (Å²) in [6.45, 7) is 2.62. The quantitative estimate of drug-likeness (QED) is 0.353. The van der Waals surface area contributed by atoms with Gasteiger partial charge in [-0.15, -0.1) is 4.99 Å². The Balaban J connectivity index is 1.19. The SMILES string of the molecule is COc1cc(OC2CCN(C(N)=NC#N)CC2)ccc1C(=O)N1CCC(N2C(=O)OCc3ccccc32)CC1. The van der Waals surface area contributed by atoms with Crippen LogP contribution in [0.5, 0.6) is 11.5 Å². The fourth-order valence-corrected chi connectivity index (χ4v) is 5.46. The Morgan fingerprint density at radius 3 is 2.51 bits per heavy atom. The van der Waals surface area contributed by atoms with Gasteiger partial charge >= 0.3 is 6.09 Å². The van der Waals surface area contributed by atoms with E-state index in [1.165, 1.54) is 7.11 Å². The van der Waals surface area contributed by atoms with Gasteiger partial charge in [0.2, 0.25) is 12.2 Å². The molecule has 2 aromatic carbocycles. The number of anilines is 1. The summed E-state index contributed by atoms with van der Waals surface area (Å²) in [7, 11) is 1.54. The van der Waals surface area contributed by atoms with E-state index in [0.717, 1.165) is 24.1 Å². The van der Waals surface area contributed by atoms with Gasteiger partial charge in [0.25, 0.3) is 5.91 Å². The number of guanidine groups is 1. The van der Waals surface area contributed by atoms with Crippen molar-refractivity contribution in [3.63, 3.8) is 0 Å². The molecule has 3 aliphatic heterocycles. The van der Waals surface area contributed by atoms with E-state index in [1.807, 2.05) is 29.2 Å². The van der Waals surface area contributed by atoms with E-state index >= 15 is 0 Å². The molecule has 0 aliphatic carbocycles. The van der Waals surface area contributed by atoms with E-state index in [1.54, 1.807) is 34.2 Å². The molecule has 3 aliphatic rings. The van der Waals surface area contributed by atoms with Crippen molar-refractivity contribution in [2.75, 3.05) is 38.2 Å². The number of cyclic esters (lactones) is 1. The van der Waals surface area contributed by atoms with E-state index in [4.69, 9.17) is 25.2 Å². The monoisotopic (exact) mass is 532 g/mol. The van der Waals surface area contributed by atoms with Crippen LogP contribution < -0.4 is 20.1 Å². The van der Waals surface area contributed by atoms with Crippen molar-refractivity contribution in [3.8, 4) is 17.7 Å². The van der Waals surface area contributed by atoms with Crippen molar-refractivity contribution in [2.45, 2.75) is 44.4 Å². The molecule has 5 rings (SSSR count). The highest BCUT2D eigenvalue weighted by molar-refractivity contribution is 5.97. The van der Waals surface area contributed by atoms with Crippen LogP contribution in [-0.4, -0.2) is 73.2 Å². The number of hydrogen-bond acceptors (Lipinski definition) is 7. The smallest absolute Gasteiger partial charge is 0.414 e. The molecule has 0 aromatic heterocycles. The Morgan fingerprint density at radius 1 is 1.08 bits per heavy atom. The molecule has 39 heavy (non-hydrogen) atoms. The number of likely N-dealkylation sites (tertiary alicyclic amines) is 2. The molecule has 11 nitrogen and oxygen atoms in total. The predicted octanol–water partition coefficient (Wildman–Crippen LogP) is 3.10. The van der Waals surface area contributed by atoms with Crippen molar-refractivity contribution in [1.29, 1.82) is 5.26 Å². The van der Waals surface area contributed by atoms with Crippen LogP contribution in [0.4, 0.5) is 10.5 Å². The number of piperidine rings is 2. The van der Waals surface area contributed by atoms with Crippen molar-refractivity contribution >= 4 is 23.6 Å². The Labute approximate surface area is 227 Å². The zero-order chi connectivity index (χ0) is 27.4. The van der Waals surface area contributed by atoms with Gasteiger partial charge in [-0.1, -0.05) is 18.2 Å². The molecule has 204 valence electrons. The van der Waals surface area contributed by atoms with Crippen molar-refractivity contribution in [1.82, 2.24) is 9.80 Å². The first-order valence-corrected chi connectivity index (χ1v) is 13.1. The zero-order valence-corrected chi connectivity index (χ0v) is 21.9. The van der Waals surface area contributed by atoms with Crippen LogP contribution in [0.3, 0.4) is 0 Å². The number of rotatable bonds is 5. The van der Waals surface area contributed by atoms with Crippen LogP contribution >= 0.6 is 0 Å². The Hall–Kier alpha value is -4.46. The number of hydrogen-bond donors (Lipinski definition) is 1. The normalized spacial score (nSPS) is 18.7. The van der Waals surface area contributed by atoms with Gasteiger partial charge in [0, 0.05) is 56.7 Å². The number of carbonyl (C=O) groups is 2.